The van der Waals surface area contributed by atoms with Gasteiger partial charge in [-0.05, 0) is 36.6 Å². The highest BCUT2D eigenvalue weighted by Crippen LogP contribution is 2.34. The van der Waals surface area contributed by atoms with Crippen molar-refractivity contribution in [1.29, 1.82) is 0 Å². The van der Waals surface area contributed by atoms with Gasteiger partial charge in [0.05, 0.1) is 6.54 Å². The average Bonchev–Trinajstić information content (AvgIpc) is 2.48. The van der Waals surface area contributed by atoms with Crippen LogP contribution in [0.1, 0.15) is 17.5 Å². The Morgan fingerprint density at radius 2 is 1.86 bits per heavy atom. The van der Waals surface area contributed by atoms with E-state index < -0.39 is 5.92 Å². The van der Waals surface area contributed by atoms with E-state index in [4.69, 9.17) is 5.73 Å². The van der Waals surface area contributed by atoms with Crippen molar-refractivity contribution >= 4 is 11.4 Å². The summed E-state index contributed by atoms with van der Waals surface area (Å²) in [5.74, 6) is -2.86. The Labute approximate surface area is 123 Å². The Morgan fingerprint density at radius 1 is 1.10 bits per heavy atom. The first kappa shape index (κ1) is 13.9. The van der Waals surface area contributed by atoms with Crippen molar-refractivity contribution < 1.29 is 8.78 Å². The molecule has 0 amide bonds. The van der Waals surface area contributed by atoms with E-state index in [0.717, 1.165) is 24.1 Å². The van der Waals surface area contributed by atoms with Gasteiger partial charge < -0.3 is 10.6 Å². The maximum atomic E-state index is 14.4. The van der Waals surface area contributed by atoms with Crippen LogP contribution in [0.25, 0.3) is 0 Å². The van der Waals surface area contributed by atoms with Gasteiger partial charge in [-0.25, -0.2) is 0 Å². The minimum Gasteiger partial charge on any atom is -0.399 e. The molecule has 0 atom stereocenters. The quantitative estimate of drug-likeness (QED) is 0.870. The lowest BCUT2D eigenvalue weighted by Gasteiger charge is -2.34. The molecule has 2 aromatic rings. The van der Waals surface area contributed by atoms with Gasteiger partial charge in [0.1, 0.15) is 0 Å². The van der Waals surface area contributed by atoms with Crippen molar-refractivity contribution in [3.8, 4) is 0 Å². The molecule has 0 radical (unpaired) electrons. The molecule has 2 nitrogen and oxygen atoms in total. The molecular weight excluding hydrogens is 270 g/mol. The van der Waals surface area contributed by atoms with E-state index in [1.807, 2.05) is 12.1 Å². The summed E-state index contributed by atoms with van der Waals surface area (Å²) < 4.78 is 28.9. The van der Waals surface area contributed by atoms with Gasteiger partial charge in [-0.3, -0.25) is 0 Å². The lowest BCUT2D eigenvalue weighted by atomic mass is 9.99. The highest BCUT2D eigenvalue weighted by atomic mass is 19.3. The normalized spacial score (nSPS) is 14.9. The number of anilines is 2. The molecule has 2 N–H and O–H groups in total. The predicted molar refractivity (Wildman–Crippen MR) is 81.7 cm³/mol. The highest BCUT2D eigenvalue weighted by Gasteiger charge is 2.35. The van der Waals surface area contributed by atoms with Gasteiger partial charge in [-0.15, -0.1) is 0 Å². The van der Waals surface area contributed by atoms with Crippen LogP contribution in [-0.4, -0.2) is 13.1 Å². The topological polar surface area (TPSA) is 29.3 Å². The maximum Gasteiger partial charge on any atom is 0.290 e. The summed E-state index contributed by atoms with van der Waals surface area (Å²) in [5, 5.41) is 0. The summed E-state index contributed by atoms with van der Waals surface area (Å²) in [4.78, 5) is 1.77. The number of nitrogen functional groups attached to an aromatic ring is 1. The Hall–Kier alpha value is -2.10. The molecular formula is C17H18F2N2. The van der Waals surface area contributed by atoms with Gasteiger partial charge in [-0.2, -0.15) is 8.78 Å². The Balaban J connectivity index is 1.86. The zero-order valence-corrected chi connectivity index (χ0v) is 11.7. The molecule has 3 rings (SSSR count). The van der Waals surface area contributed by atoms with Gasteiger partial charge in [-0.1, -0.05) is 30.3 Å². The molecule has 0 spiro atoms. The third-order valence-electron chi connectivity index (χ3n) is 3.90. The summed E-state index contributed by atoms with van der Waals surface area (Å²) in [6.07, 6.45) is 1.77. The van der Waals surface area contributed by atoms with Crippen molar-refractivity contribution in [2.75, 3.05) is 23.7 Å². The Kier molecular flexibility index (Phi) is 3.53. The lowest BCUT2D eigenvalue weighted by molar-refractivity contribution is 0.00366. The fourth-order valence-corrected chi connectivity index (χ4v) is 2.87. The highest BCUT2D eigenvalue weighted by molar-refractivity contribution is 5.61. The molecule has 1 aliphatic rings. The molecule has 1 heterocycles. The van der Waals surface area contributed by atoms with Gasteiger partial charge >= 0.3 is 0 Å². The maximum absolute atomic E-state index is 14.4. The zero-order chi connectivity index (χ0) is 14.9. The van der Waals surface area contributed by atoms with Gasteiger partial charge in [0.25, 0.3) is 5.92 Å². The molecule has 4 heteroatoms. The van der Waals surface area contributed by atoms with Crippen LogP contribution in [0.2, 0.25) is 0 Å². The minimum atomic E-state index is -2.86. The van der Waals surface area contributed by atoms with Crippen molar-refractivity contribution in [2.24, 2.45) is 0 Å². The molecule has 21 heavy (non-hydrogen) atoms. The van der Waals surface area contributed by atoms with Crippen LogP contribution in [0.15, 0.2) is 48.5 Å². The van der Waals surface area contributed by atoms with Crippen LogP contribution >= 0.6 is 0 Å². The van der Waals surface area contributed by atoms with Crippen LogP contribution in [-0.2, 0) is 12.3 Å². The second-order valence-corrected chi connectivity index (χ2v) is 5.48. The van der Waals surface area contributed by atoms with E-state index in [-0.39, 0.29) is 12.1 Å². The number of nitrogens with two attached hydrogens (primary N) is 1. The summed E-state index contributed by atoms with van der Waals surface area (Å²) in [6.45, 7) is 0.354. The standard InChI is InChI=1S/C17H18F2N2/c18-17(19,14-6-2-1-3-7-14)12-21-10-4-5-13-11-15(20)8-9-16(13)21/h1-3,6-9,11H,4-5,10,12,20H2. The fourth-order valence-electron chi connectivity index (χ4n) is 2.87. The first-order valence-corrected chi connectivity index (χ1v) is 7.13. The van der Waals surface area contributed by atoms with Gasteiger partial charge in [0.2, 0.25) is 0 Å². The van der Waals surface area contributed by atoms with E-state index in [2.05, 4.69) is 0 Å². The minimum absolute atomic E-state index is 0.0626. The average molecular weight is 288 g/mol. The van der Waals surface area contributed by atoms with E-state index in [1.54, 1.807) is 29.2 Å². The largest absolute Gasteiger partial charge is 0.399 e. The molecule has 0 aliphatic carbocycles. The molecule has 2 aromatic carbocycles. The van der Waals surface area contributed by atoms with Crippen LogP contribution in [0.4, 0.5) is 20.2 Å². The third kappa shape index (κ3) is 2.84. The smallest absolute Gasteiger partial charge is 0.290 e. The lowest BCUT2D eigenvalue weighted by Crippen LogP contribution is -2.38. The van der Waals surface area contributed by atoms with E-state index in [9.17, 15) is 8.78 Å². The predicted octanol–water partition coefficient (Wildman–Crippen LogP) is 3.81. The second kappa shape index (κ2) is 5.35. The molecule has 110 valence electrons. The summed E-state index contributed by atoms with van der Waals surface area (Å²) >= 11 is 0. The van der Waals surface area contributed by atoms with Crippen molar-refractivity contribution in [1.82, 2.24) is 0 Å². The van der Waals surface area contributed by atoms with Gasteiger partial charge in [0, 0.05) is 23.5 Å². The number of rotatable bonds is 3. The Morgan fingerprint density at radius 3 is 2.62 bits per heavy atom. The number of hydrogen-bond acceptors (Lipinski definition) is 2. The second-order valence-electron chi connectivity index (χ2n) is 5.48. The zero-order valence-electron chi connectivity index (χ0n) is 11.7. The number of fused-ring (bicyclic) bond motifs is 1. The van der Waals surface area contributed by atoms with Gasteiger partial charge in [0.15, 0.2) is 0 Å². The monoisotopic (exact) mass is 288 g/mol. The summed E-state index contributed by atoms with van der Waals surface area (Å²) in [7, 11) is 0. The Bertz CT molecular complexity index is 626. The molecule has 0 bridgehead atoms. The van der Waals surface area contributed by atoms with E-state index in [1.165, 1.54) is 12.1 Å². The third-order valence-corrected chi connectivity index (χ3v) is 3.90. The number of halogens is 2. The number of benzene rings is 2. The molecule has 0 fully saturated rings. The number of alkyl halides is 2. The van der Waals surface area contributed by atoms with Crippen LogP contribution in [0.3, 0.4) is 0 Å². The van der Waals surface area contributed by atoms with Crippen LogP contribution < -0.4 is 10.6 Å². The molecule has 0 saturated heterocycles. The van der Waals surface area contributed by atoms with Crippen molar-refractivity contribution in [2.45, 2.75) is 18.8 Å². The van der Waals surface area contributed by atoms with Crippen molar-refractivity contribution in [3.63, 3.8) is 0 Å². The van der Waals surface area contributed by atoms with E-state index in [0.29, 0.717) is 12.2 Å². The molecule has 0 aromatic heterocycles. The van der Waals surface area contributed by atoms with Crippen LogP contribution in [0.5, 0.6) is 0 Å². The summed E-state index contributed by atoms with van der Waals surface area (Å²) in [6, 6.07) is 13.5. The van der Waals surface area contributed by atoms with Crippen LogP contribution in [0, 0.1) is 0 Å². The summed E-state index contributed by atoms with van der Waals surface area (Å²) in [5.41, 5.74) is 8.47. The number of aryl methyl sites for hydroxylation is 1. The first-order chi connectivity index (χ1) is 10.1. The fraction of sp³-hybridized carbons (Fsp3) is 0.294. The molecule has 0 saturated carbocycles. The number of hydrogen-bond donors (Lipinski definition) is 1. The molecule has 0 unspecified atom stereocenters. The molecule has 1 aliphatic heterocycles. The number of nitrogens with zero attached hydrogens (tertiary/aromatic N) is 1. The SMILES string of the molecule is Nc1ccc2c(c1)CCCN2CC(F)(F)c1ccccc1. The van der Waals surface area contributed by atoms with Crippen molar-refractivity contribution in [3.05, 3.63) is 59.7 Å². The van der Waals surface area contributed by atoms with E-state index >= 15 is 0 Å². The first-order valence-electron chi connectivity index (χ1n) is 7.13.